The molecule has 0 aliphatic carbocycles. The van der Waals surface area contributed by atoms with Crippen molar-refractivity contribution in [2.75, 3.05) is 18.2 Å². The zero-order chi connectivity index (χ0) is 14.7. The third-order valence-corrected chi connectivity index (χ3v) is 3.33. The van der Waals surface area contributed by atoms with E-state index in [1.165, 1.54) is 0 Å². The Morgan fingerprint density at radius 3 is 2.60 bits per heavy atom. The molecule has 3 N–H and O–H groups in total. The predicted octanol–water partition coefficient (Wildman–Crippen LogP) is 3.49. The molecular formula is C15H15ClN2O2. The molecule has 0 radical (unpaired) electrons. The molecule has 0 spiro atoms. The Kier molecular flexibility index (Phi) is 4.15. The molecule has 0 unspecified atom stereocenters. The van der Waals surface area contributed by atoms with E-state index in [4.69, 9.17) is 22.1 Å². The van der Waals surface area contributed by atoms with E-state index in [-0.39, 0.29) is 5.91 Å². The highest BCUT2D eigenvalue weighted by Crippen LogP contribution is 2.25. The Labute approximate surface area is 122 Å². The Balaban J connectivity index is 2.19. The maximum Gasteiger partial charge on any atom is 0.255 e. The van der Waals surface area contributed by atoms with Crippen molar-refractivity contribution in [3.63, 3.8) is 0 Å². The molecule has 0 saturated heterocycles. The lowest BCUT2D eigenvalue weighted by Gasteiger charge is -2.09. The summed E-state index contributed by atoms with van der Waals surface area (Å²) in [6.07, 6.45) is 0. The standard InChI is InChI=1S/C15H15ClN2O2/c1-9-7-10(3-5-12(9)16)15(19)18-11-4-6-14(20-2)13(17)8-11/h3-8H,17H2,1-2H3,(H,18,19). The third kappa shape index (κ3) is 3.03. The Bertz CT molecular complexity index is 656. The second-order valence-electron chi connectivity index (χ2n) is 4.37. The van der Waals surface area contributed by atoms with E-state index in [2.05, 4.69) is 5.32 Å². The van der Waals surface area contributed by atoms with Crippen molar-refractivity contribution < 1.29 is 9.53 Å². The number of nitrogens with one attached hydrogen (secondary N) is 1. The first-order valence-corrected chi connectivity index (χ1v) is 6.40. The lowest BCUT2D eigenvalue weighted by molar-refractivity contribution is 0.102. The highest BCUT2D eigenvalue weighted by molar-refractivity contribution is 6.31. The fourth-order valence-electron chi connectivity index (χ4n) is 1.80. The van der Waals surface area contributed by atoms with Crippen LogP contribution in [0.25, 0.3) is 0 Å². The van der Waals surface area contributed by atoms with Crippen molar-refractivity contribution in [3.05, 3.63) is 52.5 Å². The van der Waals surface area contributed by atoms with E-state index in [0.29, 0.717) is 27.7 Å². The Morgan fingerprint density at radius 2 is 2.00 bits per heavy atom. The molecule has 4 nitrogen and oxygen atoms in total. The van der Waals surface area contributed by atoms with Gasteiger partial charge in [-0.3, -0.25) is 4.79 Å². The number of hydrogen-bond donors (Lipinski definition) is 2. The van der Waals surface area contributed by atoms with Gasteiger partial charge in [-0.05, 0) is 48.9 Å². The third-order valence-electron chi connectivity index (χ3n) is 2.91. The van der Waals surface area contributed by atoms with Crippen LogP contribution in [-0.4, -0.2) is 13.0 Å². The normalized spacial score (nSPS) is 10.2. The van der Waals surface area contributed by atoms with Gasteiger partial charge in [-0.25, -0.2) is 0 Å². The van der Waals surface area contributed by atoms with E-state index in [1.54, 1.807) is 43.5 Å². The summed E-state index contributed by atoms with van der Waals surface area (Å²) in [4.78, 5) is 12.1. The predicted molar refractivity (Wildman–Crippen MR) is 81.5 cm³/mol. The van der Waals surface area contributed by atoms with E-state index in [1.807, 2.05) is 6.92 Å². The van der Waals surface area contributed by atoms with Crippen molar-refractivity contribution in [2.24, 2.45) is 0 Å². The van der Waals surface area contributed by atoms with E-state index in [9.17, 15) is 4.79 Å². The minimum atomic E-state index is -0.214. The topological polar surface area (TPSA) is 64.3 Å². The van der Waals surface area contributed by atoms with Gasteiger partial charge < -0.3 is 15.8 Å². The molecule has 5 heteroatoms. The second-order valence-corrected chi connectivity index (χ2v) is 4.78. The Hall–Kier alpha value is -2.20. The summed E-state index contributed by atoms with van der Waals surface area (Å²) in [6, 6.07) is 10.2. The van der Waals surface area contributed by atoms with Crippen molar-refractivity contribution in [3.8, 4) is 5.75 Å². The number of benzene rings is 2. The van der Waals surface area contributed by atoms with Gasteiger partial charge in [-0.2, -0.15) is 0 Å². The molecule has 0 heterocycles. The SMILES string of the molecule is COc1ccc(NC(=O)c2ccc(Cl)c(C)c2)cc1N. The van der Waals surface area contributed by atoms with Gasteiger partial charge in [-0.1, -0.05) is 11.6 Å². The fourth-order valence-corrected chi connectivity index (χ4v) is 1.92. The average Bonchev–Trinajstić information content (AvgIpc) is 2.42. The molecule has 0 atom stereocenters. The number of anilines is 2. The number of hydrogen-bond acceptors (Lipinski definition) is 3. The van der Waals surface area contributed by atoms with Gasteiger partial charge in [0.05, 0.1) is 12.8 Å². The lowest BCUT2D eigenvalue weighted by Crippen LogP contribution is -2.12. The molecule has 2 rings (SSSR count). The maximum absolute atomic E-state index is 12.1. The summed E-state index contributed by atoms with van der Waals surface area (Å²) in [5.41, 5.74) is 8.28. The van der Waals surface area contributed by atoms with Crippen LogP contribution < -0.4 is 15.8 Å². The highest BCUT2D eigenvalue weighted by atomic mass is 35.5. The van der Waals surface area contributed by atoms with Gasteiger partial charge in [0.15, 0.2) is 0 Å². The number of carbonyl (C=O) groups is 1. The van der Waals surface area contributed by atoms with Gasteiger partial charge in [0.2, 0.25) is 0 Å². The molecule has 20 heavy (non-hydrogen) atoms. The van der Waals surface area contributed by atoms with Crippen LogP contribution in [-0.2, 0) is 0 Å². The summed E-state index contributed by atoms with van der Waals surface area (Å²) in [7, 11) is 1.54. The number of rotatable bonds is 3. The van der Waals surface area contributed by atoms with Gasteiger partial charge in [0.1, 0.15) is 5.75 Å². The number of ether oxygens (including phenoxy) is 1. The summed E-state index contributed by atoms with van der Waals surface area (Å²) in [5.74, 6) is 0.361. The van der Waals surface area contributed by atoms with Crippen molar-refractivity contribution >= 4 is 28.9 Å². The van der Waals surface area contributed by atoms with Crippen LogP contribution in [0.15, 0.2) is 36.4 Å². The number of methoxy groups -OCH3 is 1. The number of halogens is 1. The first-order chi connectivity index (χ1) is 9.51. The van der Waals surface area contributed by atoms with Crippen LogP contribution >= 0.6 is 11.6 Å². The molecule has 2 aromatic rings. The van der Waals surface area contributed by atoms with Gasteiger partial charge in [0, 0.05) is 16.3 Å². The van der Waals surface area contributed by atoms with E-state index >= 15 is 0 Å². The summed E-state index contributed by atoms with van der Waals surface area (Å²) >= 11 is 5.94. The number of nitrogen functional groups attached to an aromatic ring is 1. The first-order valence-electron chi connectivity index (χ1n) is 6.02. The van der Waals surface area contributed by atoms with Crippen molar-refractivity contribution in [1.29, 1.82) is 0 Å². The largest absolute Gasteiger partial charge is 0.495 e. The van der Waals surface area contributed by atoms with Gasteiger partial charge >= 0.3 is 0 Å². The fraction of sp³-hybridized carbons (Fsp3) is 0.133. The minimum absolute atomic E-state index is 0.214. The lowest BCUT2D eigenvalue weighted by atomic mass is 10.1. The molecule has 0 fully saturated rings. The number of aryl methyl sites for hydroxylation is 1. The zero-order valence-electron chi connectivity index (χ0n) is 11.2. The van der Waals surface area contributed by atoms with Crippen LogP contribution in [0.4, 0.5) is 11.4 Å². The van der Waals surface area contributed by atoms with Gasteiger partial charge in [-0.15, -0.1) is 0 Å². The van der Waals surface area contributed by atoms with Crippen LogP contribution in [0.5, 0.6) is 5.75 Å². The molecule has 0 aromatic heterocycles. The molecule has 0 saturated carbocycles. The number of amides is 1. The quantitative estimate of drug-likeness (QED) is 0.851. The molecule has 2 aromatic carbocycles. The monoisotopic (exact) mass is 290 g/mol. The molecule has 0 aliphatic heterocycles. The van der Waals surface area contributed by atoms with Crippen LogP contribution in [0.3, 0.4) is 0 Å². The highest BCUT2D eigenvalue weighted by Gasteiger charge is 2.09. The molecule has 0 aliphatic rings. The summed E-state index contributed by atoms with van der Waals surface area (Å²) in [5, 5.41) is 3.41. The number of carbonyl (C=O) groups excluding carboxylic acids is 1. The molecule has 1 amide bonds. The zero-order valence-corrected chi connectivity index (χ0v) is 12.0. The molecule has 104 valence electrons. The average molecular weight is 291 g/mol. The van der Waals surface area contributed by atoms with Crippen molar-refractivity contribution in [1.82, 2.24) is 0 Å². The maximum atomic E-state index is 12.1. The summed E-state index contributed by atoms with van der Waals surface area (Å²) in [6.45, 7) is 1.85. The van der Waals surface area contributed by atoms with Crippen LogP contribution in [0.1, 0.15) is 15.9 Å². The smallest absolute Gasteiger partial charge is 0.255 e. The molecular weight excluding hydrogens is 276 g/mol. The Morgan fingerprint density at radius 1 is 1.25 bits per heavy atom. The summed E-state index contributed by atoms with van der Waals surface area (Å²) < 4.78 is 5.07. The van der Waals surface area contributed by atoms with Gasteiger partial charge in [0.25, 0.3) is 5.91 Å². The van der Waals surface area contributed by atoms with Crippen molar-refractivity contribution in [2.45, 2.75) is 6.92 Å². The minimum Gasteiger partial charge on any atom is -0.495 e. The second kappa shape index (κ2) is 5.84. The van der Waals surface area contributed by atoms with E-state index < -0.39 is 0 Å². The first kappa shape index (κ1) is 14.2. The van der Waals surface area contributed by atoms with Crippen LogP contribution in [0, 0.1) is 6.92 Å². The van der Waals surface area contributed by atoms with E-state index in [0.717, 1.165) is 5.56 Å². The van der Waals surface area contributed by atoms with Crippen LogP contribution in [0.2, 0.25) is 5.02 Å². The molecule has 0 bridgehead atoms. The number of nitrogens with two attached hydrogens (primary N) is 1.